The van der Waals surface area contributed by atoms with Crippen molar-refractivity contribution in [2.24, 2.45) is 12.0 Å². The number of ether oxygens (including phenoxy) is 1. The maximum absolute atomic E-state index is 16.1. The third-order valence-electron chi connectivity index (χ3n) is 15.8. The number of fused-ring (bicyclic) bond motifs is 5. The first-order valence-electron chi connectivity index (χ1n) is 26.7. The Bertz CT molecular complexity index is 3660. The van der Waals surface area contributed by atoms with E-state index >= 15 is 4.39 Å². The summed E-state index contributed by atoms with van der Waals surface area (Å²) in [7, 11) is 1.78. The van der Waals surface area contributed by atoms with Gasteiger partial charge in [0.2, 0.25) is 29.5 Å². The van der Waals surface area contributed by atoms with Gasteiger partial charge in [-0.05, 0) is 87.9 Å². The topological polar surface area (TPSA) is 244 Å². The summed E-state index contributed by atoms with van der Waals surface area (Å²) in [4.78, 5) is 91.1. The van der Waals surface area contributed by atoms with E-state index in [-0.39, 0.29) is 56.2 Å². The fraction of sp³-hybridized carbons (Fsp3) is 0.411. The van der Waals surface area contributed by atoms with Crippen LogP contribution in [-0.4, -0.2) is 160 Å². The van der Waals surface area contributed by atoms with Crippen molar-refractivity contribution in [1.82, 2.24) is 59.7 Å². The maximum Gasteiger partial charge on any atom is 0.322 e. The number of hydrogen-bond donors (Lipinski definition) is 3. The largest absolute Gasteiger partial charge is 0.480 e. The number of piperidine rings is 1. The Labute approximate surface area is 467 Å². The molecule has 3 N–H and O–H groups in total. The second-order valence-electron chi connectivity index (χ2n) is 20.8. The third-order valence-corrected chi connectivity index (χ3v) is 17.2. The number of carboxylic acids is 1. The predicted octanol–water partition coefficient (Wildman–Crippen LogP) is 5.56. The number of aliphatic carboxylic acids is 1. The maximum atomic E-state index is 16.1. The molecule has 4 aliphatic rings. The average Bonchev–Trinajstić information content (AvgIpc) is 4.30. The second kappa shape index (κ2) is 22.3. The average molecular weight is 1130 g/mol. The van der Waals surface area contributed by atoms with Crippen molar-refractivity contribution in [2.45, 2.75) is 89.9 Å². The van der Waals surface area contributed by atoms with Gasteiger partial charge in [0.1, 0.15) is 41.8 Å². The second-order valence-corrected chi connectivity index (χ2v) is 22.5. The zero-order chi connectivity index (χ0) is 56.1. The number of likely N-dealkylation sites (tertiary alicyclic amines) is 2. The van der Waals surface area contributed by atoms with E-state index in [0.717, 1.165) is 37.8 Å². The molecule has 0 bridgehead atoms. The summed E-state index contributed by atoms with van der Waals surface area (Å²) in [5, 5.41) is 34.8. The van der Waals surface area contributed by atoms with Crippen LogP contribution in [0.5, 0.6) is 0 Å². The van der Waals surface area contributed by atoms with Crippen LogP contribution in [0.1, 0.15) is 89.4 Å². The summed E-state index contributed by atoms with van der Waals surface area (Å²) < 4.78 is 27.4. The molecule has 80 heavy (non-hydrogen) atoms. The highest BCUT2D eigenvalue weighted by atomic mass is 35.5. The van der Waals surface area contributed by atoms with Crippen LogP contribution < -0.4 is 10.6 Å². The van der Waals surface area contributed by atoms with Crippen molar-refractivity contribution in [3.05, 3.63) is 111 Å². The number of halogens is 2. The molecule has 0 spiro atoms. The standard InChI is InChI=1S/C56H59ClFN13O8S/c1-30-31(2)80-56-50(30)52(33-10-12-36(57)13-11-33)62-41(54-64-63-32(3)71(54)56)24-48(75)69-16-6-9-43(69)55(78)68-19-20-79-37(28-68)22-47(74)67-17-14-34(15-18-67)53-51-38(39-23-44-35(21-40(39)58)25-61-66(44)4)7-5-8-42(51)70(65-53)29-46(73)59-26-45(72)60-27-49(76)77/h5,7-8,10-13,21,23,25,34,37,41,43H,6,9,14-20,22,24,26-29H2,1-4H3,(H,59,73)(H,60,72)(H,76,77)/t37?,41-,43-/m0/s1. The molecule has 4 aromatic heterocycles. The molecule has 3 saturated heterocycles. The van der Waals surface area contributed by atoms with E-state index in [1.165, 1.54) is 10.7 Å². The van der Waals surface area contributed by atoms with Crippen molar-refractivity contribution in [3.63, 3.8) is 0 Å². The van der Waals surface area contributed by atoms with Gasteiger partial charge in [0.25, 0.3) is 0 Å². The van der Waals surface area contributed by atoms with Gasteiger partial charge in [0, 0.05) is 83.1 Å². The van der Waals surface area contributed by atoms with Crippen LogP contribution in [0.2, 0.25) is 5.02 Å². The van der Waals surface area contributed by atoms with Crippen LogP contribution >= 0.6 is 22.9 Å². The number of aromatic nitrogens is 7. The highest BCUT2D eigenvalue weighted by Crippen LogP contribution is 2.42. The number of rotatable bonds is 14. The van der Waals surface area contributed by atoms with Crippen LogP contribution in [-0.2, 0) is 47.1 Å². The first-order valence-corrected chi connectivity index (χ1v) is 27.9. The van der Waals surface area contributed by atoms with Gasteiger partial charge in [0.05, 0.1) is 60.7 Å². The van der Waals surface area contributed by atoms with Crippen molar-refractivity contribution >= 4 is 86.0 Å². The number of thiophene rings is 1. The summed E-state index contributed by atoms with van der Waals surface area (Å²) in [5.41, 5.74) is 6.43. The smallest absolute Gasteiger partial charge is 0.322 e. The lowest BCUT2D eigenvalue weighted by atomic mass is 9.88. The molecule has 3 atom stereocenters. The molecule has 0 aliphatic carbocycles. The normalized spacial score (nSPS) is 18.5. The quantitative estimate of drug-likeness (QED) is 0.121. The molecule has 8 heterocycles. The SMILES string of the molecule is Cc1sc2c(c1C)C(c1ccc(Cl)cc1)=N[C@@H](CC(=O)N1CCC[C@H]1C(=O)N1CCOC(CC(=O)N3CCC(c4nn(CC(=O)NCC(=O)NCC(=O)O)c5cccc(-c6cc7c(cnn7C)cc6F)c45)CC3)C1)c1nnc(C)n1-2. The molecule has 3 aromatic carbocycles. The minimum absolute atomic E-state index is 0.0275. The van der Waals surface area contributed by atoms with E-state index in [1.54, 1.807) is 62.2 Å². The van der Waals surface area contributed by atoms with E-state index in [4.69, 9.17) is 31.5 Å². The molecule has 7 aromatic rings. The van der Waals surface area contributed by atoms with Gasteiger partial charge >= 0.3 is 5.97 Å². The van der Waals surface area contributed by atoms with E-state index in [1.807, 2.05) is 41.8 Å². The Morgan fingerprint density at radius 3 is 2.41 bits per heavy atom. The number of carbonyl (C=O) groups excluding carboxylic acids is 5. The molecule has 5 amide bonds. The molecular formula is C56H59ClFN13O8S. The first-order chi connectivity index (χ1) is 38.5. The predicted molar refractivity (Wildman–Crippen MR) is 295 cm³/mol. The molecule has 1 unspecified atom stereocenters. The van der Waals surface area contributed by atoms with Crippen LogP contribution in [0.3, 0.4) is 0 Å². The molecule has 11 rings (SSSR count). The van der Waals surface area contributed by atoms with Gasteiger partial charge in [0.15, 0.2) is 5.82 Å². The van der Waals surface area contributed by atoms with Gasteiger partial charge in [-0.15, -0.1) is 21.5 Å². The number of aryl methyl sites for hydroxylation is 3. The fourth-order valence-corrected chi connectivity index (χ4v) is 12.9. The number of aliphatic imine (C=N–C) groups is 1. The number of hydrogen-bond acceptors (Lipinski definition) is 13. The first kappa shape index (κ1) is 54.1. The van der Waals surface area contributed by atoms with Gasteiger partial charge in [-0.3, -0.25) is 47.7 Å². The Hall–Kier alpha value is -7.89. The molecule has 0 saturated carbocycles. The minimum Gasteiger partial charge on any atom is -0.480 e. The van der Waals surface area contributed by atoms with E-state index in [2.05, 4.69) is 39.8 Å². The Balaban J connectivity index is 0.760. The van der Waals surface area contributed by atoms with Crippen molar-refractivity contribution in [1.29, 1.82) is 0 Å². The third kappa shape index (κ3) is 10.6. The number of benzene rings is 3. The highest BCUT2D eigenvalue weighted by molar-refractivity contribution is 7.15. The molecular weight excluding hydrogens is 1070 g/mol. The van der Waals surface area contributed by atoms with Crippen LogP contribution in [0, 0.1) is 26.6 Å². The highest BCUT2D eigenvalue weighted by Gasteiger charge is 2.41. The number of nitrogens with one attached hydrogen (secondary N) is 2. The zero-order valence-electron chi connectivity index (χ0n) is 44.6. The fourth-order valence-electron chi connectivity index (χ4n) is 11.6. The molecule has 3 fully saturated rings. The number of nitrogens with zero attached hydrogens (tertiary/aromatic N) is 11. The van der Waals surface area contributed by atoms with Crippen LogP contribution in [0.4, 0.5) is 4.39 Å². The minimum atomic E-state index is -1.22. The lowest BCUT2D eigenvalue weighted by Gasteiger charge is -2.37. The molecule has 21 nitrogen and oxygen atoms in total. The van der Waals surface area contributed by atoms with Gasteiger partial charge < -0.3 is 35.2 Å². The zero-order valence-corrected chi connectivity index (χ0v) is 46.2. The summed E-state index contributed by atoms with van der Waals surface area (Å²) in [6.45, 7) is 6.63. The van der Waals surface area contributed by atoms with Gasteiger partial charge in [-0.25, -0.2) is 4.39 Å². The van der Waals surface area contributed by atoms with E-state index in [9.17, 15) is 28.8 Å². The van der Waals surface area contributed by atoms with Crippen molar-refractivity contribution < 1.29 is 43.0 Å². The molecule has 24 heteroatoms. The lowest BCUT2D eigenvalue weighted by molar-refractivity contribution is -0.151. The number of morpholine rings is 1. The van der Waals surface area contributed by atoms with Crippen molar-refractivity contribution in [2.75, 3.05) is 52.4 Å². The Morgan fingerprint density at radius 1 is 0.863 bits per heavy atom. The van der Waals surface area contributed by atoms with Crippen LogP contribution in [0.15, 0.2) is 65.8 Å². The summed E-state index contributed by atoms with van der Waals surface area (Å²) >= 11 is 7.95. The van der Waals surface area contributed by atoms with Crippen molar-refractivity contribution in [3.8, 4) is 16.1 Å². The number of carboxylic acid groups (broad SMARTS) is 1. The summed E-state index contributed by atoms with van der Waals surface area (Å²) in [5.74, 6) is -2.38. The summed E-state index contributed by atoms with van der Waals surface area (Å²) in [6, 6.07) is 14.7. The molecule has 416 valence electrons. The molecule has 4 aliphatic heterocycles. The van der Waals surface area contributed by atoms with Crippen LogP contribution in [0.25, 0.3) is 37.9 Å². The van der Waals surface area contributed by atoms with Gasteiger partial charge in [-0.2, -0.15) is 10.2 Å². The van der Waals surface area contributed by atoms with Gasteiger partial charge in [-0.1, -0.05) is 35.9 Å². The number of amides is 5. The lowest BCUT2D eigenvalue weighted by Crippen LogP contribution is -2.54. The molecule has 0 radical (unpaired) electrons. The number of carbonyl (C=O) groups is 6. The van der Waals surface area contributed by atoms with E-state index in [0.29, 0.717) is 102 Å². The monoisotopic (exact) mass is 1130 g/mol. The Morgan fingerprint density at radius 2 is 1.64 bits per heavy atom. The Kier molecular flexibility index (Phi) is 15.1. The van der Waals surface area contributed by atoms with E-state index < -0.39 is 54.9 Å². The summed E-state index contributed by atoms with van der Waals surface area (Å²) in [6.07, 6.45) is 3.21.